The molecule has 8 aromatic carbocycles. The van der Waals surface area contributed by atoms with Crippen molar-refractivity contribution in [3.63, 3.8) is 0 Å². The van der Waals surface area contributed by atoms with Crippen LogP contribution in [0.2, 0.25) is 0 Å². The highest BCUT2D eigenvalue weighted by Crippen LogP contribution is 2.51. The highest BCUT2D eigenvalue weighted by molar-refractivity contribution is 7.17. The van der Waals surface area contributed by atoms with E-state index >= 15 is 0 Å². The summed E-state index contributed by atoms with van der Waals surface area (Å²) in [5.41, 5.74) is 14.0. The summed E-state index contributed by atoms with van der Waals surface area (Å²) in [4.78, 5) is 3.90. The van der Waals surface area contributed by atoms with Gasteiger partial charge in [-0.05, 0) is 81.0 Å². The molecule has 0 aliphatic carbocycles. The smallest absolute Gasteiger partial charge is 0.333 e. The summed E-state index contributed by atoms with van der Waals surface area (Å²) in [6.07, 6.45) is 0. The van der Waals surface area contributed by atoms with Gasteiger partial charge < -0.3 is 13.9 Å². The van der Waals surface area contributed by atoms with Crippen molar-refractivity contribution in [2.24, 2.45) is 0 Å². The standard InChI is InChI=1S/C48H28BN3S/c1-2-16-33(17-3-1)51-40-20-10-8-18-35(40)37-27-38-47-44(46(37)51)36-19-9-11-21-41(36)52(47)49-39-25-31-14-6-7-15-32(31)26-42(39)50(43-28-53-48(38)45(43)49)34-23-22-29-12-4-5-13-30(29)24-34/h1-28H. The van der Waals surface area contributed by atoms with Crippen molar-refractivity contribution < 1.29 is 0 Å². The number of fused-ring (bicyclic) bond motifs is 13. The number of para-hydroxylation sites is 3. The van der Waals surface area contributed by atoms with Gasteiger partial charge in [0.25, 0.3) is 0 Å². The first-order valence-electron chi connectivity index (χ1n) is 18.3. The molecule has 11 aromatic rings. The first-order chi connectivity index (χ1) is 26.3. The van der Waals surface area contributed by atoms with E-state index in [2.05, 4.69) is 183 Å². The van der Waals surface area contributed by atoms with E-state index in [0.717, 1.165) is 0 Å². The number of aromatic nitrogens is 2. The summed E-state index contributed by atoms with van der Waals surface area (Å²) in [7, 11) is 0. The average Bonchev–Trinajstić information content (AvgIpc) is 3.90. The van der Waals surface area contributed by atoms with E-state index in [1.54, 1.807) is 0 Å². The lowest BCUT2D eigenvalue weighted by molar-refractivity contribution is 1.19. The molecule has 0 fully saturated rings. The van der Waals surface area contributed by atoms with Gasteiger partial charge in [0.2, 0.25) is 0 Å². The Hall–Kier alpha value is -6.56. The number of nitrogens with zero attached hydrogens (tertiary/aromatic N) is 3. The van der Waals surface area contributed by atoms with Crippen molar-refractivity contribution in [3.8, 4) is 16.1 Å². The van der Waals surface area contributed by atoms with Gasteiger partial charge >= 0.3 is 6.85 Å². The number of benzene rings is 8. The number of rotatable bonds is 2. The zero-order valence-corrected chi connectivity index (χ0v) is 29.3. The van der Waals surface area contributed by atoms with Crippen molar-refractivity contribution in [3.05, 3.63) is 169 Å². The van der Waals surface area contributed by atoms with Crippen molar-refractivity contribution in [2.45, 2.75) is 0 Å². The quantitative estimate of drug-likeness (QED) is 0.165. The predicted octanol–water partition coefficient (Wildman–Crippen LogP) is 11.7. The Labute approximate surface area is 309 Å². The molecule has 3 nitrogen and oxygen atoms in total. The second-order valence-electron chi connectivity index (χ2n) is 14.5. The van der Waals surface area contributed by atoms with Gasteiger partial charge in [-0.1, -0.05) is 115 Å². The van der Waals surface area contributed by atoms with Crippen LogP contribution in [0.25, 0.3) is 81.3 Å². The van der Waals surface area contributed by atoms with Crippen LogP contribution >= 0.6 is 11.3 Å². The van der Waals surface area contributed by atoms with Crippen LogP contribution in [0, 0.1) is 0 Å². The zero-order chi connectivity index (χ0) is 34.4. The Morgan fingerprint density at radius 1 is 0.472 bits per heavy atom. The maximum atomic E-state index is 2.69. The molecule has 5 heterocycles. The van der Waals surface area contributed by atoms with E-state index in [1.165, 1.54) is 109 Å². The first kappa shape index (κ1) is 28.1. The lowest BCUT2D eigenvalue weighted by Crippen LogP contribution is -2.55. The predicted molar refractivity (Wildman–Crippen MR) is 227 cm³/mol. The summed E-state index contributed by atoms with van der Waals surface area (Å²) in [6, 6.07) is 60.8. The monoisotopic (exact) mass is 689 g/mol. The molecular weight excluding hydrogens is 661 g/mol. The van der Waals surface area contributed by atoms with E-state index < -0.39 is 0 Å². The Morgan fingerprint density at radius 3 is 1.98 bits per heavy atom. The molecule has 0 amide bonds. The van der Waals surface area contributed by atoms with Gasteiger partial charge in [-0.2, -0.15) is 0 Å². The molecule has 0 saturated carbocycles. The lowest BCUT2D eigenvalue weighted by atomic mass is 9.46. The van der Waals surface area contributed by atoms with Gasteiger partial charge in [0.1, 0.15) is 0 Å². The molecule has 3 aromatic heterocycles. The molecule has 244 valence electrons. The van der Waals surface area contributed by atoms with Crippen LogP contribution in [0.15, 0.2) is 169 Å². The van der Waals surface area contributed by atoms with Crippen LogP contribution in [0.1, 0.15) is 0 Å². The molecule has 2 aliphatic heterocycles. The van der Waals surface area contributed by atoms with E-state index in [-0.39, 0.29) is 6.85 Å². The maximum Gasteiger partial charge on any atom is 0.333 e. The van der Waals surface area contributed by atoms with Crippen LogP contribution in [0.5, 0.6) is 0 Å². The first-order valence-corrected chi connectivity index (χ1v) is 19.2. The molecule has 0 atom stereocenters. The van der Waals surface area contributed by atoms with E-state index in [9.17, 15) is 0 Å². The number of hydrogen-bond donors (Lipinski definition) is 0. The summed E-state index contributed by atoms with van der Waals surface area (Å²) in [6.45, 7) is 0.0180. The van der Waals surface area contributed by atoms with Gasteiger partial charge in [-0.15, -0.1) is 11.3 Å². The Morgan fingerprint density at radius 2 is 1.15 bits per heavy atom. The number of anilines is 3. The SMILES string of the molecule is c1ccc(-n2c3ccccc3c3cc4c5c(c6ccccc6n5B5c6cc7ccccc7cc6N(c6ccc7ccccc7c6)c6csc-4c65)c32)cc1. The minimum Gasteiger partial charge on any atom is -0.375 e. The highest BCUT2D eigenvalue weighted by atomic mass is 32.1. The third-order valence-corrected chi connectivity index (χ3v) is 12.9. The molecule has 5 heteroatoms. The fourth-order valence-electron chi connectivity index (χ4n) is 9.73. The minimum absolute atomic E-state index is 0.0180. The van der Waals surface area contributed by atoms with Crippen LogP contribution in [0.4, 0.5) is 17.1 Å². The lowest BCUT2D eigenvalue weighted by Gasteiger charge is -2.38. The van der Waals surface area contributed by atoms with Crippen molar-refractivity contribution >= 4 is 111 Å². The molecule has 0 radical (unpaired) electrons. The molecule has 0 saturated heterocycles. The topological polar surface area (TPSA) is 13.1 Å². The number of hydrogen-bond acceptors (Lipinski definition) is 2. The second kappa shape index (κ2) is 10.1. The fourth-order valence-corrected chi connectivity index (χ4v) is 10.8. The molecular formula is C48H28BN3S. The molecule has 0 N–H and O–H groups in total. The summed E-state index contributed by atoms with van der Waals surface area (Å²) in [5, 5.41) is 12.6. The van der Waals surface area contributed by atoms with Crippen LogP contribution in [-0.4, -0.2) is 15.9 Å². The van der Waals surface area contributed by atoms with Crippen LogP contribution in [0.3, 0.4) is 0 Å². The summed E-state index contributed by atoms with van der Waals surface area (Å²) < 4.78 is 5.19. The third kappa shape index (κ3) is 3.55. The van der Waals surface area contributed by atoms with Gasteiger partial charge in [-0.3, -0.25) is 0 Å². The Bertz CT molecular complexity index is 3370. The second-order valence-corrected chi connectivity index (χ2v) is 15.4. The molecule has 53 heavy (non-hydrogen) atoms. The van der Waals surface area contributed by atoms with Crippen molar-refractivity contribution in [1.82, 2.24) is 9.05 Å². The summed E-state index contributed by atoms with van der Waals surface area (Å²) in [5.74, 6) is 0. The third-order valence-electron chi connectivity index (χ3n) is 11.9. The molecule has 0 bridgehead atoms. The van der Waals surface area contributed by atoms with Crippen LogP contribution in [-0.2, 0) is 0 Å². The van der Waals surface area contributed by atoms with E-state index in [0.29, 0.717) is 0 Å². The Kier molecular flexibility index (Phi) is 5.33. The van der Waals surface area contributed by atoms with Crippen LogP contribution < -0.4 is 15.8 Å². The molecule has 2 aliphatic rings. The maximum absolute atomic E-state index is 2.69. The fraction of sp³-hybridized carbons (Fsp3) is 0. The Balaban J connectivity index is 1.22. The zero-order valence-electron chi connectivity index (χ0n) is 28.5. The minimum atomic E-state index is 0.0180. The number of thiophene rings is 1. The molecule has 0 spiro atoms. The molecule has 13 rings (SSSR count). The highest BCUT2D eigenvalue weighted by Gasteiger charge is 2.44. The van der Waals surface area contributed by atoms with Gasteiger partial charge in [-0.25, -0.2) is 0 Å². The average molecular weight is 690 g/mol. The van der Waals surface area contributed by atoms with E-state index in [4.69, 9.17) is 0 Å². The van der Waals surface area contributed by atoms with Crippen molar-refractivity contribution in [1.29, 1.82) is 0 Å². The van der Waals surface area contributed by atoms with Gasteiger partial charge in [0, 0.05) is 65.5 Å². The van der Waals surface area contributed by atoms with E-state index in [1.807, 2.05) is 11.3 Å². The molecule has 0 unspecified atom stereocenters. The van der Waals surface area contributed by atoms with Gasteiger partial charge in [0.05, 0.1) is 16.7 Å². The normalized spacial score (nSPS) is 13.2. The summed E-state index contributed by atoms with van der Waals surface area (Å²) >= 11 is 1.90. The van der Waals surface area contributed by atoms with Gasteiger partial charge in [0.15, 0.2) is 0 Å². The van der Waals surface area contributed by atoms with Crippen molar-refractivity contribution in [2.75, 3.05) is 4.90 Å². The largest absolute Gasteiger partial charge is 0.375 e.